The Hall–Kier alpha value is -1.63. The summed E-state index contributed by atoms with van der Waals surface area (Å²) in [5.74, 6) is -0.872. The van der Waals surface area contributed by atoms with Crippen molar-refractivity contribution in [3.05, 3.63) is 0 Å². The Morgan fingerprint density at radius 3 is 2.17 bits per heavy atom. The predicted molar refractivity (Wildman–Crippen MR) is 63.8 cm³/mol. The lowest BCUT2D eigenvalue weighted by atomic mass is 10.3. The monoisotopic (exact) mass is 260 g/mol. The van der Waals surface area contributed by atoms with Crippen LogP contribution in [0.3, 0.4) is 0 Å². The van der Waals surface area contributed by atoms with E-state index in [0.717, 1.165) is 0 Å². The molecule has 0 saturated carbocycles. The van der Waals surface area contributed by atoms with Crippen molar-refractivity contribution in [2.45, 2.75) is 19.8 Å². The predicted octanol–water partition coefficient (Wildman–Crippen LogP) is -0.791. The summed E-state index contributed by atoms with van der Waals surface area (Å²) < 4.78 is 9.31. The molecule has 2 N–H and O–H groups in total. The Bertz CT molecular complexity index is 281. The van der Waals surface area contributed by atoms with Crippen LogP contribution in [0.15, 0.2) is 0 Å². The molecule has 18 heavy (non-hydrogen) atoms. The first-order chi connectivity index (χ1) is 8.60. The smallest absolute Gasteiger partial charge is 0.306 e. The first-order valence-electron chi connectivity index (χ1n) is 5.78. The van der Waals surface area contributed by atoms with Crippen molar-refractivity contribution in [2.75, 3.05) is 33.4 Å². The zero-order valence-corrected chi connectivity index (χ0v) is 10.8. The third-order valence-corrected chi connectivity index (χ3v) is 1.91. The van der Waals surface area contributed by atoms with Gasteiger partial charge in [0.2, 0.25) is 11.8 Å². The van der Waals surface area contributed by atoms with Crippen molar-refractivity contribution < 1.29 is 23.9 Å². The molecule has 0 atom stereocenters. The summed E-state index contributed by atoms with van der Waals surface area (Å²) in [5, 5.41) is 5.13. The van der Waals surface area contributed by atoms with Gasteiger partial charge in [0.1, 0.15) is 6.61 Å². The molecule has 0 aromatic carbocycles. The molecule has 0 saturated heterocycles. The molecular weight excluding hydrogens is 240 g/mol. The van der Waals surface area contributed by atoms with Gasteiger partial charge < -0.3 is 20.1 Å². The van der Waals surface area contributed by atoms with Crippen LogP contribution in [-0.2, 0) is 23.9 Å². The molecule has 0 radical (unpaired) electrons. The van der Waals surface area contributed by atoms with Crippen molar-refractivity contribution in [3.8, 4) is 0 Å². The van der Waals surface area contributed by atoms with E-state index in [9.17, 15) is 14.4 Å². The average Bonchev–Trinajstić information content (AvgIpc) is 2.33. The first-order valence-corrected chi connectivity index (χ1v) is 5.78. The standard InChI is InChI=1S/C11H20N2O5/c1-3-18-11(16)5-4-9(14)12-6-7-13-10(15)8-17-2/h3-8H2,1-2H3,(H,12,14)(H,13,15). The molecule has 0 aromatic heterocycles. The minimum atomic E-state index is -0.388. The van der Waals surface area contributed by atoms with Gasteiger partial charge in [-0.05, 0) is 6.92 Å². The highest BCUT2D eigenvalue weighted by molar-refractivity contribution is 5.81. The molecule has 0 bridgehead atoms. The van der Waals surface area contributed by atoms with Crippen molar-refractivity contribution >= 4 is 17.8 Å². The third-order valence-electron chi connectivity index (χ3n) is 1.91. The van der Waals surface area contributed by atoms with Crippen LogP contribution < -0.4 is 10.6 Å². The number of carbonyl (C=O) groups is 3. The van der Waals surface area contributed by atoms with Gasteiger partial charge in [-0.1, -0.05) is 0 Å². The van der Waals surface area contributed by atoms with E-state index < -0.39 is 0 Å². The zero-order valence-electron chi connectivity index (χ0n) is 10.8. The number of ether oxygens (including phenoxy) is 2. The second kappa shape index (κ2) is 10.5. The highest BCUT2D eigenvalue weighted by Gasteiger charge is 2.06. The van der Waals surface area contributed by atoms with E-state index in [2.05, 4.69) is 20.1 Å². The van der Waals surface area contributed by atoms with Gasteiger partial charge in [0.25, 0.3) is 0 Å². The summed E-state index contributed by atoms with van der Waals surface area (Å²) >= 11 is 0. The molecule has 104 valence electrons. The van der Waals surface area contributed by atoms with E-state index in [0.29, 0.717) is 19.7 Å². The van der Waals surface area contributed by atoms with E-state index >= 15 is 0 Å². The number of methoxy groups -OCH3 is 1. The minimum absolute atomic E-state index is 0.00317. The van der Waals surface area contributed by atoms with E-state index in [1.165, 1.54) is 7.11 Å². The molecule has 0 aliphatic heterocycles. The second-order valence-corrected chi connectivity index (χ2v) is 3.44. The quantitative estimate of drug-likeness (QED) is 0.418. The largest absolute Gasteiger partial charge is 0.466 e. The highest BCUT2D eigenvalue weighted by atomic mass is 16.5. The lowest BCUT2D eigenvalue weighted by Crippen LogP contribution is -2.36. The number of rotatable bonds is 9. The van der Waals surface area contributed by atoms with E-state index in [-0.39, 0.29) is 37.2 Å². The van der Waals surface area contributed by atoms with Crippen LogP contribution in [0.4, 0.5) is 0 Å². The Morgan fingerprint density at radius 2 is 1.61 bits per heavy atom. The maximum atomic E-state index is 11.3. The average molecular weight is 260 g/mol. The number of hydrogen-bond donors (Lipinski definition) is 2. The number of esters is 1. The van der Waals surface area contributed by atoms with Gasteiger partial charge in [0.05, 0.1) is 13.0 Å². The van der Waals surface area contributed by atoms with Crippen LogP contribution in [0.25, 0.3) is 0 Å². The molecule has 0 spiro atoms. The Labute approximate surface area is 106 Å². The second-order valence-electron chi connectivity index (χ2n) is 3.44. The summed E-state index contributed by atoms with van der Waals surface area (Å²) in [6.45, 7) is 2.66. The Balaban J connectivity index is 3.48. The van der Waals surface area contributed by atoms with E-state index in [1.54, 1.807) is 6.92 Å². The molecule has 0 fully saturated rings. The molecule has 0 rings (SSSR count). The van der Waals surface area contributed by atoms with Crippen LogP contribution in [-0.4, -0.2) is 51.2 Å². The maximum Gasteiger partial charge on any atom is 0.306 e. The van der Waals surface area contributed by atoms with Crippen LogP contribution in [0.2, 0.25) is 0 Å². The summed E-state index contributed by atoms with van der Waals surface area (Å²) in [4.78, 5) is 33.2. The van der Waals surface area contributed by atoms with Crippen LogP contribution in [0.5, 0.6) is 0 Å². The molecule has 0 heterocycles. The van der Waals surface area contributed by atoms with E-state index in [1.807, 2.05) is 0 Å². The van der Waals surface area contributed by atoms with Gasteiger partial charge in [0, 0.05) is 26.6 Å². The molecular formula is C11H20N2O5. The minimum Gasteiger partial charge on any atom is -0.466 e. The number of carbonyl (C=O) groups excluding carboxylic acids is 3. The molecule has 7 heteroatoms. The van der Waals surface area contributed by atoms with Gasteiger partial charge in [-0.2, -0.15) is 0 Å². The molecule has 2 amide bonds. The lowest BCUT2D eigenvalue weighted by molar-refractivity contribution is -0.144. The SMILES string of the molecule is CCOC(=O)CCC(=O)NCCNC(=O)COC. The number of nitrogens with one attached hydrogen (secondary N) is 2. The fourth-order valence-electron chi connectivity index (χ4n) is 1.12. The van der Waals surface area contributed by atoms with Gasteiger partial charge in [0.15, 0.2) is 0 Å². The Kier molecular flexibility index (Phi) is 9.57. The first kappa shape index (κ1) is 16.4. The van der Waals surface area contributed by atoms with Crippen molar-refractivity contribution in [1.82, 2.24) is 10.6 Å². The summed E-state index contributed by atoms with van der Waals surface area (Å²) in [7, 11) is 1.43. The van der Waals surface area contributed by atoms with Gasteiger partial charge in [-0.3, -0.25) is 14.4 Å². The Morgan fingerprint density at radius 1 is 1.00 bits per heavy atom. The van der Waals surface area contributed by atoms with Crippen LogP contribution in [0, 0.1) is 0 Å². The summed E-state index contributed by atoms with van der Waals surface area (Å²) in [6.07, 6.45) is 0.153. The van der Waals surface area contributed by atoms with Crippen LogP contribution >= 0.6 is 0 Å². The van der Waals surface area contributed by atoms with Gasteiger partial charge in [-0.15, -0.1) is 0 Å². The maximum absolute atomic E-state index is 11.3. The summed E-state index contributed by atoms with van der Waals surface area (Å²) in [5.41, 5.74) is 0. The lowest BCUT2D eigenvalue weighted by Gasteiger charge is -2.06. The van der Waals surface area contributed by atoms with Crippen molar-refractivity contribution in [2.24, 2.45) is 0 Å². The topological polar surface area (TPSA) is 93.7 Å². The normalized spacial score (nSPS) is 9.67. The van der Waals surface area contributed by atoms with Gasteiger partial charge >= 0.3 is 5.97 Å². The fraction of sp³-hybridized carbons (Fsp3) is 0.727. The summed E-state index contributed by atoms with van der Waals surface area (Å²) in [6, 6.07) is 0. The van der Waals surface area contributed by atoms with Crippen molar-refractivity contribution in [3.63, 3.8) is 0 Å². The van der Waals surface area contributed by atoms with Crippen molar-refractivity contribution in [1.29, 1.82) is 0 Å². The number of hydrogen-bond acceptors (Lipinski definition) is 5. The third kappa shape index (κ3) is 9.59. The molecule has 0 aromatic rings. The molecule has 0 aliphatic rings. The molecule has 7 nitrogen and oxygen atoms in total. The molecule has 0 unspecified atom stereocenters. The number of amides is 2. The zero-order chi connectivity index (χ0) is 13.8. The highest BCUT2D eigenvalue weighted by Crippen LogP contribution is 1.92. The van der Waals surface area contributed by atoms with Gasteiger partial charge in [-0.25, -0.2) is 0 Å². The fourth-order valence-corrected chi connectivity index (χ4v) is 1.12. The van der Waals surface area contributed by atoms with Crippen LogP contribution in [0.1, 0.15) is 19.8 Å². The molecule has 0 aliphatic carbocycles. The van der Waals surface area contributed by atoms with E-state index in [4.69, 9.17) is 0 Å².